The Labute approximate surface area is 160 Å². The van der Waals surface area contributed by atoms with E-state index in [0.717, 1.165) is 16.9 Å². The molecule has 0 atom stereocenters. The van der Waals surface area contributed by atoms with Gasteiger partial charge in [-0.05, 0) is 48.9 Å². The molecule has 0 fully saturated rings. The van der Waals surface area contributed by atoms with E-state index < -0.39 is 5.97 Å². The molecule has 0 spiro atoms. The number of aromatic nitrogens is 2. The summed E-state index contributed by atoms with van der Waals surface area (Å²) in [7, 11) is 1.33. The molecule has 0 saturated carbocycles. The average Bonchev–Trinajstić information content (AvgIpc) is 3.15. The number of carbonyl (C=O) groups is 2. The quantitative estimate of drug-likeness (QED) is 0.656. The van der Waals surface area contributed by atoms with E-state index in [4.69, 9.17) is 4.74 Å². The minimum atomic E-state index is -0.407. The number of nitrogens with zero attached hydrogens (tertiary/aromatic N) is 2. The molecule has 0 bridgehead atoms. The van der Waals surface area contributed by atoms with Crippen LogP contribution in [0.5, 0.6) is 5.75 Å². The van der Waals surface area contributed by atoms with Crippen LogP contribution in [0.2, 0.25) is 0 Å². The van der Waals surface area contributed by atoms with Crippen molar-refractivity contribution >= 4 is 28.9 Å². The Bertz CT molecular complexity index is 954. The third kappa shape index (κ3) is 4.89. The van der Waals surface area contributed by atoms with E-state index in [0.29, 0.717) is 22.0 Å². The molecule has 3 aromatic rings. The summed E-state index contributed by atoms with van der Waals surface area (Å²) in [5.41, 5.74) is 2.20. The summed E-state index contributed by atoms with van der Waals surface area (Å²) in [5, 5.41) is 11.5. The standard InChI is InChI=1S/C19H17N3O4S/c1-12-4-3-5-14(10-12)20-17(23)18-22-21-16(27-18)11-26-15-8-6-13(7-9-15)19(24)25-2/h3-10H,11H2,1-2H3,(H,20,23). The molecule has 1 heterocycles. The van der Waals surface area contributed by atoms with Gasteiger partial charge in [0.1, 0.15) is 12.4 Å². The van der Waals surface area contributed by atoms with Crippen LogP contribution in [0.3, 0.4) is 0 Å². The third-order valence-corrected chi connectivity index (χ3v) is 4.47. The summed E-state index contributed by atoms with van der Waals surface area (Å²) < 4.78 is 10.3. The lowest BCUT2D eigenvalue weighted by Gasteiger charge is -2.04. The highest BCUT2D eigenvalue weighted by atomic mass is 32.1. The highest BCUT2D eigenvalue weighted by Gasteiger charge is 2.14. The second-order valence-electron chi connectivity index (χ2n) is 5.63. The Morgan fingerprint density at radius 3 is 2.59 bits per heavy atom. The zero-order chi connectivity index (χ0) is 19.2. The molecule has 27 heavy (non-hydrogen) atoms. The van der Waals surface area contributed by atoms with Crippen molar-refractivity contribution < 1.29 is 19.1 Å². The SMILES string of the molecule is COC(=O)c1ccc(OCc2nnc(C(=O)Nc3cccc(C)c3)s2)cc1. The maximum atomic E-state index is 12.3. The molecular weight excluding hydrogens is 366 g/mol. The number of hydrogen-bond acceptors (Lipinski definition) is 7. The van der Waals surface area contributed by atoms with Gasteiger partial charge in [0.25, 0.3) is 5.91 Å². The van der Waals surface area contributed by atoms with E-state index in [2.05, 4.69) is 20.3 Å². The lowest BCUT2D eigenvalue weighted by atomic mass is 10.2. The molecule has 0 aliphatic rings. The minimum absolute atomic E-state index is 0.174. The van der Waals surface area contributed by atoms with Gasteiger partial charge in [-0.25, -0.2) is 4.79 Å². The van der Waals surface area contributed by atoms with E-state index in [1.165, 1.54) is 7.11 Å². The maximum absolute atomic E-state index is 12.3. The Kier molecular flexibility index (Phi) is 5.77. The zero-order valence-corrected chi connectivity index (χ0v) is 15.6. The van der Waals surface area contributed by atoms with Crippen molar-refractivity contribution in [2.24, 2.45) is 0 Å². The van der Waals surface area contributed by atoms with Gasteiger partial charge < -0.3 is 14.8 Å². The number of amides is 1. The fourth-order valence-electron chi connectivity index (χ4n) is 2.26. The van der Waals surface area contributed by atoms with Gasteiger partial charge in [0.05, 0.1) is 12.7 Å². The maximum Gasteiger partial charge on any atom is 0.337 e. The summed E-state index contributed by atoms with van der Waals surface area (Å²) >= 11 is 1.16. The van der Waals surface area contributed by atoms with Crippen molar-refractivity contribution in [2.75, 3.05) is 12.4 Å². The summed E-state index contributed by atoms with van der Waals surface area (Å²) in [5.74, 6) is -0.148. The topological polar surface area (TPSA) is 90.4 Å². The minimum Gasteiger partial charge on any atom is -0.486 e. The predicted molar refractivity (Wildman–Crippen MR) is 101 cm³/mol. The molecule has 138 valence electrons. The van der Waals surface area contributed by atoms with Crippen LogP contribution in [0.1, 0.15) is 30.7 Å². The molecule has 0 aliphatic carbocycles. The highest BCUT2D eigenvalue weighted by molar-refractivity contribution is 7.13. The third-order valence-electron chi connectivity index (χ3n) is 3.57. The van der Waals surface area contributed by atoms with E-state index in [9.17, 15) is 9.59 Å². The van der Waals surface area contributed by atoms with Crippen LogP contribution in [0.15, 0.2) is 48.5 Å². The van der Waals surface area contributed by atoms with Crippen LogP contribution >= 0.6 is 11.3 Å². The van der Waals surface area contributed by atoms with Crippen molar-refractivity contribution in [1.29, 1.82) is 0 Å². The Morgan fingerprint density at radius 1 is 1.11 bits per heavy atom. The zero-order valence-electron chi connectivity index (χ0n) is 14.8. The molecule has 3 rings (SSSR count). The van der Waals surface area contributed by atoms with E-state index in [1.54, 1.807) is 24.3 Å². The normalized spacial score (nSPS) is 10.3. The summed E-state index contributed by atoms with van der Waals surface area (Å²) in [6.07, 6.45) is 0. The monoisotopic (exact) mass is 383 g/mol. The summed E-state index contributed by atoms with van der Waals surface area (Å²) in [4.78, 5) is 23.7. The van der Waals surface area contributed by atoms with Crippen molar-refractivity contribution in [3.05, 3.63) is 69.7 Å². The van der Waals surface area contributed by atoms with Gasteiger partial charge in [0.15, 0.2) is 5.01 Å². The Hall–Kier alpha value is -3.26. The Balaban J connectivity index is 1.57. The number of aryl methyl sites for hydroxylation is 1. The van der Waals surface area contributed by atoms with Gasteiger partial charge >= 0.3 is 5.97 Å². The van der Waals surface area contributed by atoms with Crippen molar-refractivity contribution in [1.82, 2.24) is 10.2 Å². The van der Waals surface area contributed by atoms with Crippen LogP contribution in [-0.4, -0.2) is 29.2 Å². The van der Waals surface area contributed by atoms with Crippen LogP contribution in [-0.2, 0) is 11.3 Å². The highest BCUT2D eigenvalue weighted by Crippen LogP contribution is 2.18. The average molecular weight is 383 g/mol. The van der Waals surface area contributed by atoms with E-state index in [1.807, 2.05) is 31.2 Å². The first-order valence-corrected chi connectivity index (χ1v) is 8.88. The van der Waals surface area contributed by atoms with Crippen molar-refractivity contribution in [3.63, 3.8) is 0 Å². The van der Waals surface area contributed by atoms with Gasteiger partial charge in [0, 0.05) is 5.69 Å². The molecule has 8 heteroatoms. The predicted octanol–water partition coefficient (Wildman–Crippen LogP) is 3.46. The number of methoxy groups -OCH3 is 1. The summed E-state index contributed by atoms with van der Waals surface area (Å²) in [6.45, 7) is 2.13. The van der Waals surface area contributed by atoms with Gasteiger partial charge in [-0.3, -0.25) is 4.79 Å². The molecule has 0 radical (unpaired) electrons. The number of carbonyl (C=O) groups excluding carboxylic acids is 2. The van der Waals surface area contributed by atoms with Gasteiger partial charge in [0.2, 0.25) is 5.01 Å². The number of hydrogen-bond donors (Lipinski definition) is 1. The van der Waals surface area contributed by atoms with Crippen LogP contribution in [0, 0.1) is 6.92 Å². The number of esters is 1. The molecule has 7 nitrogen and oxygen atoms in total. The van der Waals surface area contributed by atoms with Crippen LogP contribution in [0.4, 0.5) is 5.69 Å². The van der Waals surface area contributed by atoms with Crippen molar-refractivity contribution in [3.8, 4) is 5.75 Å². The van der Waals surface area contributed by atoms with Gasteiger partial charge in [-0.1, -0.05) is 23.5 Å². The van der Waals surface area contributed by atoms with E-state index in [-0.39, 0.29) is 17.5 Å². The van der Waals surface area contributed by atoms with Gasteiger partial charge in [-0.2, -0.15) is 0 Å². The van der Waals surface area contributed by atoms with Crippen molar-refractivity contribution in [2.45, 2.75) is 13.5 Å². The molecule has 2 aromatic carbocycles. The molecule has 1 amide bonds. The molecule has 0 unspecified atom stereocenters. The lowest BCUT2D eigenvalue weighted by Crippen LogP contribution is -2.11. The first-order chi connectivity index (χ1) is 13.0. The second kappa shape index (κ2) is 8.41. The van der Waals surface area contributed by atoms with Crippen LogP contribution < -0.4 is 10.1 Å². The molecule has 1 aromatic heterocycles. The number of nitrogens with one attached hydrogen (secondary N) is 1. The molecule has 1 N–H and O–H groups in total. The van der Waals surface area contributed by atoms with Gasteiger partial charge in [-0.15, -0.1) is 10.2 Å². The number of anilines is 1. The summed E-state index contributed by atoms with van der Waals surface area (Å²) in [6, 6.07) is 14.1. The fraction of sp³-hybridized carbons (Fsp3) is 0.158. The smallest absolute Gasteiger partial charge is 0.337 e. The first-order valence-electron chi connectivity index (χ1n) is 8.07. The first kappa shape index (κ1) is 18.5. The second-order valence-corrected chi connectivity index (χ2v) is 6.69. The lowest BCUT2D eigenvalue weighted by molar-refractivity contribution is 0.0600. The molecular formula is C19H17N3O4S. The molecule has 0 aliphatic heterocycles. The van der Waals surface area contributed by atoms with Crippen LogP contribution in [0.25, 0.3) is 0 Å². The number of benzene rings is 2. The largest absolute Gasteiger partial charge is 0.486 e. The molecule has 0 saturated heterocycles. The van der Waals surface area contributed by atoms with E-state index >= 15 is 0 Å². The fourth-order valence-corrected chi connectivity index (χ4v) is 2.91. The number of ether oxygens (including phenoxy) is 2. The Morgan fingerprint density at radius 2 is 1.89 bits per heavy atom. The number of rotatable bonds is 6.